The molecule has 1 saturated heterocycles. The van der Waals surface area contributed by atoms with Gasteiger partial charge in [0, 0.05) is 29.4 Å². The van der Waals surface area contributed by atoms with E-state index in [-0.39, 0.29) is 0 Å². The molecule has 0 bridgehead atoms. The standard InChI is InChI=1S/C11H17N3OS/c1-13-2-3-14(12)9(5-13)10-4-8-6-15-7-11(8)16-10/h4,9H,2-3,5-7,12H2,1H3. The number of nitrogens with two attached hydrogens (primary N) is 1. The van der Waals surface area contributed by atoms with Gasteiger partial charge in [0.25, 0.3) is 0 Å². The van der Waals surface area contributed by atoms with E-state index in [1.807, 2.05) is 16.3 Å². The Morgan fingerprint density at radius 3 is 3.12 bits per heavy atom. The van der Waals surface area contributed by atoms with Gasteiger partial charge in [0.15, 0.2) is 0 Å². The second-order valence-electron chi connectivity index (χ2n) is 4.61. The van der Waals surface area contributed by atoms with E-state index in [1.165, 1.54) is 15.3 Å². The van der Waals surface area contributed by atoms with Gasteiger partial charge in [-0.25, -0.2) is 5.01 Å². The third kappa shape index (κ3) is 1.78. The zero-order chi connectivity index (χ0) is 11.1. The van der Waals surface area contributed by atoms with Crippen LogP contribution in [0.25, 0.3) is 0 Å². The summed E-state index contributed by atoms with van der Waals surface area (Å²) in [6.45, 7) is 4.59. The van der Waals surface area contributed by atoms with Gasteiger partial charge in [0.05, 0.1) is 19.3 Å². The van der Waals surface area contributed by atoms with Crippen molar-refractivity contribution in [1.82, 2.24) is 9.91 Å². The zero-order valence-corrected chi connectivity index (χ0v) is 10.3. The van der Waals surface area contributed by atoms with E-state index in [2.05, 4.69) is 18.0 Å². The molecule has 2 aliphatic heterocycles. The van der Waals surface area contributed by atoms with Crippen LogP contribution in [0.2, 0.25) is 0 Å². The van der Waals surface area contributed by atoms with Crippen molar-refractivity contribution in [3.8, 4) is 0 Å². The van der Waals surface area contributed by atoms with Crippen molar-refractivity contribution in [3.05, 3.63) is 21.4 Å². The average molecular weight is 239 g/mol. The molecule has 0 spiro atoms. The summed E-state index contributed by atoms with van der Waals surface area (Å²) < 4.78 is 5.40. The maximum atomic E-state index is 6.07. The van der Waals surface area contributed by atoms with Crippen molar-refractivity contribution < 1.29 is 4.74 Å². The highest BCUT2D eigenvalue weighted by molar-refractivity contribution is 7.12. The minimum atomic E-state index is 0.356. The van der Waals surface area contributed by atoms with Gasteiger partial charge in [-0.05, 0) is 18.7 Å². The van der Waals surface area contributed by atoms with Crippen molar-refractivity contribution in [3.63, 3.8) is 0 Å². The van der Waals surface area contributed by atoms with Crippen LogP contribution in [-0.4, -0.2) is 36.6 Å². The van der Waals surface area contributed by atoms with Crippen LogP contribution in [-0.2, 0) is 18.0 Å². The fourth-order valence-electron chi connectivity index (χ4n) is 2.34. The number of rotatable bonds is 1. The first kappa shape index (κ1) is 10.7. The molecular formula is C11H17N3OS. The van der Waals surface area contributed by atoms with E-state index in [0.717, 1.165) is 32.8 Å². The molecule has 1 aromatic heterocycles. The van der Waals surface area contributed by atoms with Gasteiger partial charge in [0.1, 0.15) is 0 Å². The Morgan fingerprint density at radius 1 is 1.44 bits per heavy atom. The Bertz CT molecular complexity index is 371. The zero-order valence-electron chi connectivity index (χ0n) is 9.48. The van der Waals surface area contributed by atoms with Crippen molar-refractivity contribution in [2.24, 2.45) is 5.84 Å². The molecule has 0 radical (unpaired) electrons. The van der Waals surface area contributed by atoms with Crippen LogP contribution in [0.15, 0.2) is 6.07 Å². The number of likely N-dealkylation sites (N-methyl/N-ethyl adjacent to an activating group) is 1. The van der Waals surface area contributed by atoms with Crippen molar-refractivity contribution in [2.75, 3.05) is 26.7 Å². The fraction of sp³-hybridized carbons (Fsp3) is 0.636. The first-order valence-electron chi connectivity index (χ1n) is 5.63. The average Bonchev–Trinajstić information content (AvgIpc) is 2.81. The molecule has 2 N–H and O–H groups in total. The van der Waals surface area contributed by atoms with E-state index >= 15 is 0 Å². The lowest BCUT2D eigenvalue weighted by Crippen LogP contribution is -2.49. The number of fused-ring (bicyclic) bond motifs is 1. The minimum Gasteiger partial charge on any atom is -0.371 e. The summed E-state index contributed by atoms with van der Waals surface area (Å²) in [6.07, 6.45) is 0. The molecule has 88 valence electrons. The fourth-order valence-corrected chi connectivity index (χ4v) is 3.56. The number of piperazine rings is 1. The number of thiophene rings is 1. The van der Waals surface area contributed by atoms with E-state index in [1.54, 1.807) is 0 Å². The summed E-state index contributed by atoms with van der Waals surface area (Å²) in [5, 5.41) is 1.97. The molecular weight excluding hydrogens is 222 g/mol. The smallest absolute Gasteiger partial charge is 0.0817 e. The van der Waals surface area contributed by atoms with E-state index in [0.29, 0.717) is 6.04 Å². The number of hydrogen-bond acceptors (Lipinski definition) is 5. The van der Waals surface area contributed by atoms with Gasteiger partial charge in [-0.2, -0.15) is 0 Å². The summed E-state index contributed by atoms with van der Waals surface area (Å²) in [5.74, 6) is 6.07. The van der Waals surface area contributed by atoms with Gasteiger partial charge in [-0.3, -0.25) is 5.84 Å². The third-order valence-electron chi connectivity index (χ3n) is 3.36. The number of hydrazine groups is 1. The molecule has 1 aromatic rings. The van der Waals surface area contributed by atoms with Crippen LogP contribution in [0.3, 0.4) is 0 Å². The van der Waals surface area contributed by atoms with Crippen molar-refractivity contribution >= 4 is 11.3 Å². The van der Waals surface area contributed by atoms with Gasteiger partial charge in [0.2, 0.25) is 0 Å². The largest absolute Gasteiger partial charge is 0.371 e. The summed E-state index contributed by atoms with van der Waals surface area (Å²) in [5.41, 5.74) is 1.36. The lowest BCUT2D eigenvalue weighted by Gasteiger charge is -2.36. The predicted octanol–water partition coefficient (Wildman–Crippen LogP) is 0.941. The molecule has 0 saturated carbocycles. The van der Waals surface area contributed by atoms with Crippen LogP contribution in [0.1, 0.15) is 21.4 Å². The Labute approximate surface area is 99.6 Å². The quantitative estimate of drug-likeness (QED) is 0.741. The number of ether oxygens (including phenoxy) is 1. The van der Waals surface area contributed by atoms with E-state index < -0.39 is 0 Å². The summed E-state index contributed by atoms with van der Waals surface area (Å²) in [7, 11) is 2.16. The molecule has 1 atom stereocenters. The highest BCUT2D eigenvalue weighted by Gasteiger charge is 2.27. The number of nitrogens with zero attached hydrogens (tertiary/aromatic N) is 2. The lowest BCUT2D eigenvalue weighted by molar-refractivity contribution is 0.0922. The van der Waals surface area contributed by atoms with Crippen LogP contribution in [0, 0.1) is 0 Å². The van der Waals surface area contributed by atoms with Gasteiger partial charge < -0.3 is 9.64 Å². The maximum absolute atomic E-state index is 6.07. The molecule has 4 nitrogen and oxygen atoms in total. The highest BCUT2D eigenvalue weighted by atomic mass is 32.1. The molecule has 16 heavy (non-hydrogen) atoms. The molecule has 2 aliphatic rings. The minimum absolute atomic E-state index is 0.356. The molecule has 1 fully saturated rings. The Kier molecular flexibility index (Phi) is 2.73. The van der Waals surface area contributed by atoms with Crippen LogP contribution < -0.4 is 5.84 Å². The SMILES string of the molecule is CN1CCN(N)C(c2cc3c(s2)COC3)C1. The van der Waals surface area contributed by atoms with Gasteiger partial charge in [-0.1, -0.05) is 0 Å². The molecule has 1 unspecified atom stereocenters. The second kappa shape index (κ2) is 4.09. The number of hydrogen-bond donors (Lipinski definition) is 1. The van der Waals surface area contributed by atoms with Crippen molar-refractivity contribution in [1.29, 1.82) is 0 Å². The molecule has 5 heteroatoms. The maximum Gasteiger partial charge on any atom is 0.0817 e. The third-order valence-corrected chi connectivity index (χ3v) is 4.61. The van der Waals surface area contributed by atoms with Crippen molar-refractivity contribution in [2.45, 2.75) is 19.3 Å². The molecule has 0 amide bonds. The molecule has 3 heterocycles. The van der Waals surface area contributed by atoms with Gasteiger partial charge >= 0.3 is 0 Å². The Morgan fingerprint density at radius 2 is 2.31 bits per heavy atom. The summed E-state index contributed by atoms with van der Waals surface area (Å²) in [4.78, 5) is 5.12. The Hall–Kier alpha value is -0.460. The highest BCUT2D eigenvalue weighted by Crippen LogP contribution is 2.35. The molecule has 0 aromatic carbocycles. The molecule has 0 aliphatic carbocycles. The van der Waals surface area contributed by atoms with E-state index in [4.69, 9.17) is 10.6 Å². The predicted molar refractivity (Wildman–Crippen MR) is 63.9 cm³/mol. The summed E-state index contributed by atoms with van der Waals surface area (Å²) in [6, 6.07) is 2.63. The second-order valence-corrected chi connectivity index (χ2v) is 5.77. The lowest BCUT2D eigenvalue weighted by atomic mass is 10.1. The topological polar surface area (TPSA) is 41.7 Å². The van der Waals surface area contributed by atoms with Crippen LogP contribution in [0.5, 0.6) is 0 Å². The summed E-state index contributed by atoms with van der Waals surface area (Å²) >= 11 is 1.86. The van der Waals surface area contributed by atoms with Gasteiger partial charge in [-0.15, -0.1) is 11.3 Å². The van der Waals surface area contributed by atoms with E-state index in [9.17, 15) is 0 Å². The molecule has 3 rings (SSSR count). The first-order valence-corrected chi connectivity index (χ1v) is 6.45. The first-order chi connectivity index (χ1) is 7.74. The van der Waals surface area contributed by atoms with Crippen LogP contribution >= 0.6 is 11.3 Å². The monoisotopic (exact) mass is 239 g/mol. The normalized spacial score (nSPS) is 27.2. The van der Waals surface area contributed by atoms with Crippen LogP contribution in [0.4, 0.5) is 0 Å². The Balaban J connectivity index is 1.84.